The highest BCUT2D eigenvalue weighted by atomic mass is 32.2. The molecule has 3 aromatic heterocycles. The molecule has 5 aromatic carbocycles. The van der Waals surface area contributed by atoms with Gasteiger partial charge in [0.1, 0.15) is 22.5 Å². The minimum atomic E-state index is 0.318. The number of aromatic nitrogens is 1. The van der Waals surface area contributed by atoms with Crippen molar-refractivity contribution in [3.05, 3.63) is 149 Å². The fourth-order valence-electron chi connectivity index (χ4n) is 8.08. The van der Waals surface area contributed by atoms with Crippen LogP contribution in [-0.4, -0.2) is 4.98 Å². The maximum atomic E-state index is 6.29. The van der Waals surface area contributed by atoms with Crippen molar-refractivity contribution in [3.8, 4) is 33.5 Å². The fraction of sp³-hybridized carbons (Fsp3) is 0.0889. The summed E-state index contributed by atoms with van der Waals surface area (Å²) in [6.45, 7) is 0. The highest BCUT2D eigenvalue weighted by molar-refractivity contribution is 8.03. The van der Waals surface area contributed by atoms with E-state index >= 15 is 0 Å². The lowest BCUT2D eigenvalue weighted by molar-refractivity contribution is 0.546. The third-order valence-corrected chi connectivity index (χ3v) is 11.7. The first-order valence-electron chi connectivity index (χ1n) is 17.0. The predicted octanol–water partition coefficient (Wildman–Crippen LogP) is 12.9. The second-order valence-corrected chi connectivity index (χ2v) is 14.4. The maximum Gasteiger partial charge on any atom is 0.135 e. The van der Waals surface area contributed by atoms with Gasteiger partial charge >= 0.3 is 0 Å². The van der Waals surface area contributed by atoms with Crippen LogP contribution < -0.4 is 0 Å². The van der Waals surface area contributed by atoms with Crippen LogP contribution in [0, 0.1) is 0 Å². The number of hydrogen-bond acceptors (Lipinski definition) is 4. The molecule has 4 heteroatoms. The number of thioether (sulfide) groups is 1. The van der Waals surface area contributed by atoms with E-state index in [-0.39, 0.29) is 0 Å². The number of benzene rings is 5. The Morgan fingerprint density at radius 1 is 0.633 bits per heavy atom. The average molecular weight is 648 g/mol. The second kappa shape index (κ2) is 10.5. The zero-order chi connectivity index (χ0) is 32.1. The van der Waals surface area contributed by atoms with Gasteiger partial charge < -0.3 is 8.83 Å². The summed E-state index contributed by atoms with van der Waals surface area (Å²) in [5, 5.41) is 4.67. The minimum Gasteiger partial charge on any atom is -0.460 e. The standard InChI is InChI=1S/C45H29NO2S/c1-5-13-37-33(11-1)45-43(34-12-4-8-16-42(34)49-45)44(46-37)30-22-28(26-17-19-40-35(24-26)31-9-2-6-14-38(31)47-40)21-29(23-30)27-18-20-41-36(25-27)32-10-3-7-15-39(32)48-41/h1-6,8-11,13-14,16-25,34H,7,12,15H2. The Kier molecular flexibility index (Phi) is 5.84. The molecule has 49 heavy (non-hydrogen) atoms. The molecule has 232 valence electrons. The largest absolute Gasteiger partial charge is 0.460 e. The van der Waals surface area contributed by atoms with Gasteiger partial charge in [-0.25, -0.2) is 4.98 Å². The molecule has 0 amide bonds. The zero-order valence-corrected chi connectivity index (χ0v) is 27.4. The molecule has 2 aliphatic carbocycles. The molecule has 0 N–H and O–H groups in total. The Balaban J connectivity index is 1.17. The Labute approximate surface area is 287 Å². The van der Waals surface area contributed by atoms with E-state index in [1.165, 1.54) is 37.3 Å². The van der Waals surface area contributed by atoms with Crippen molar-refractivity contribution < 1.29 is 8.83 Å². The van der Waals surface area contributed by atoms with E-state index in [0.717, 1.165) is 86.0 Å². The highest BCUT2D eigenvalue weighted by Crippen LogP contribution is 2.56. The molecule has 1 aliphatic heterocycles. The topological polar surface area (TPSA) is 39.2 Å². The van der Waals surface area contributed by atoms with Gasteiger partial charge in [0.05, 0.1) is 11.2 Å². The number of para-hydroxylation sites is 2. The molecule has 1 atom stereocenters. The Bertz CT molecular complexity index is 2790. The summed E-state index contributed by atoms with van der Waals surface area (Å²) in [6.07, 6.45) is 14.2. The quantitative estimate of drug-likeness (QED) is 0.191. The highest BCUT2D eigenvalue weighted by Gasteiger charge is 2.34. The maximum absolute atomic E-state index is 6.29. The summed E-state index contributed by atoms with van der Waals surface area (Å²) in [5.74, 6) is 1.40. The zero-order valence-electron chi connectivity index (χ0n) is 26.6. The summed E-state index contributed by atoms with van der Waals surface area (Å²) in [5.41, 5.74) is 13.2. The van der Waals surface area contributed by atoms with Gasteiger partial charge in [-0.05, 0) is 94.6 Å². The van der Waals surface area contributed by atoms with E-state index < -0.39 is 0 Å². The van der Waals surface area contributed by atoms with Crippen molar-refractivity contribution in [3.63, 3.8) is 0 Å². The van der Waals surface area contributed by atoms with Crippen molar-refractivity contribution in [2.45, 2.75) is 30.1 Å². The van der Waals surface area contributed by atoms with Crippen LogP contribution in [0.1, 0.15) is 35.6 Å². The van der Waals surface area contributed by atoms with Crippen molar-refractivity contribution >= 4 is 61.6 Å². The smallest absolute Gasteiger partial charge is 0.135 e. The SMILES string of the molecule is C1=CCC2C(=C1)Sc1c2c(-c2cc(-c3ccc4oc5c(c4c3)C=CCC5)cc(-c3ccc4oc5ccccc5c4c3)c2)nc2ccccc12. The number of furan rings is 2. The first kappa shape index (κ1) is 27.4. The Morgan fingerprint density at radius 2 is 1.37 bits per heavy atom. The van der Waals surface area contributed by atoms with E-state index in [0.29, 0.717) is 5.92 Å². The van der Waals surface area contributed by atoms with Crippen molar-refractivity contribution in [1.29, 1.82) is 0 Å². The summed E-state index contributed by atoms with van der Waals surface area (Å²) < 4.78 is 12.5. The molecule has 8 aromatic rings. The average Bonchev–Trinajstić information content (AvgIpc) is 3.85. The van der Waals surface area contributed by atoms with Crippen LogP contribution in [0.3, 0.4) is 0 Å². The molecule has 0 saturated heterocycles. The molecule has 3 aliphatic rings. The molecule has 0 bridgehead atoms. The minimum absolute atomic E-state index is 0.318. The van der Waals surface area contributed by atoms with E-state index in [9.17, 15) is 0 Å². The molecule has 1 unspecified atom stereocenters. The first-order valence-corrected chi connectivity index (χ1v) is 17.8. The van der Waals surface area contributed by atoms with Gasteiger partial charge in [-0.2, -0.15) is 0 Å². The van der Waals surface area contributed by atoms with E-state index in [2.05, 4.69) is 121 Å². The summed E-state index contributed by atoms with van der Waals surface area (Å²) in [4.78, 5) is 8.21. The van der Waals surface area contributed by atoms with Gasteiger partial charge in [-0.1, -0.05) is 90.7 Å². The van der Waals surface area contributed by atoms with Gasteiger partial charge in [-0.15, -0.1) is 0 Å². The molecular weight excluding hydrogens is 619 g/mol. The molecule has 11 rings (SSSR count). The number of rotatable bonds is 3. The molecule has 0 fully saturated rings. The van der Waals surface area contributed by atoms with Crippen LogP contribution in [0.2, 0.25) is 0 Å². The summed E-state index contributed by atoms with van der Waals surface area (Å²) >= 11 is 1.92. The lowest BCUT2D eigenvalue weighted by Crippen LogP contribution is -2.02. The van der Waals surface area contributed by atoms with Gasteiger partial charge in [0, 0.05) is 55.5 Å². The van der Waals surface area contributed by atoms with Gasteiger partial charge in [0.2, 0.25) is 0 Å². The van der Waals surface area contributed by atoms with E-state index in [1.54, 1.807) is 0 Å². The molecular formula is C45H29NO2S. The molecule has 0 radical (unpaired) electrons. The van der Waals surface area contributed by atoms with Crippen LogP contribution in [0.5, 0.6) is 0 Å². The monoisotopic (exact) mass is 647 g/mol. The van der Waals surface area contributed by atoms with E-state index in [4.69, 9.17) is 13.8 Å². The van der Waals surface area contributed by atoms with E-state index in [1.807, 2.05) is 23.9 Å². The molecule has 0 saturated carbocycles. The summed E-state index contributed by atoms with van der Waals surface area (Å²) in [6, 6.07) is 37.2. The third-order valence-electron chi connectivity index (χ3n) is 10.4. The van der Waals surface area contributed by atoms with Crippen LogP contribution in [0.25, 0.3) is 83.4 Å². The fourth-order valence-corrected chi connectivity index (χ4v) is 9.45. The normalized spacial score (nSPS) is 16.4. The third kappa shape index (κ3) is 4.20. The van der Waals surface area contributed by atoms with Crippen LogP contribution in [0.4, 0.5) is 0 Å². The van der Waals surface area contributed by atoms with Gasteiger partial charge in [-0.3, -0.25) is 0 Å². The van der Waals surface area contributed by atoms with Crippen LogP contribution in [0.15, 0.2) is 146 Å². The number of fused-ring (bicyclic) bond motifs is 11. The molecule has 0 spiro atoms. The first-order chi connectivity index (χ1) is 24.2. The van der Waals surface area contributed by atoms with Crippen molar-refractivity contribution in [2.24, 2.45) is 0 Å². The number of aryl methyl sites for hydroxylation is 1. The number of pyridine rings is 1. The van der Waals surface area contributed by atoms with Crippen LogP contribution >= 0.6 is 11.8 Å². The van der Waals surface area contributed by atoms with Gasteiger partial charge in [0.15, 0.2) is 0 Å². The Hall–Kier alpha value is -5.58. The number of nitrogens with zero attached hydrogens (tertiary/aromatic N) is 1. The molecule has 3 nitrogen and oxygen atoms in total. The lowest BCUT2D eigenvalue weighted by atomic mass is 9.86. The van der Waals surface area contributed by atoms with Gasteiger partial charge in [0.25, 0.3) is 0 Å². The number of allylic oxidation sites excluding steroid dienone is 5. The lowest BCUT2D eigenvalue weighted by Gasteiger charge is -2.18. The van der Waals surface area contributed by atoms with Crippen LogP contribution in [-0.2, 0) is 6.42 Å². The molecule has 4 heterocycles. The Morgan fingerprint density at radius 3 is 2.24 bits per heavy atom. The number of hydrogen-bond donors (Lipinski definition) is 0. The van der Waals surface area contributed by atoms with Crippen molar-refractivity contribution in [1.82, 2.24) is 4.98 Å². The van der Waals surface area contributed by atoms with Crippen molar-refractivity contribution in [2.75, 3.05) is 0 Å². The predicted molar refractivity (Wildman–Crippen MR) is 203 cm³/mol. The summed E-state index contributed by atoms with van der Waals surface area (Å²) in [7, 11) is 0. The second-order valence-electron chi connectivity index (χ2n) is 13.3.